The Bertz CT molecular complexity index is 830. The molecule has 0 radical (unpaired) electrons. The van der Waals surface area contributed by atoms with E-state index in [-0.39, 0.29) is 5.69 Å². The largest absolute Gasteiger partial charge is 0.292 e. The third-order valence-electron chi connectivity index (χ3n) is 3.17. The van der Waals surface area contributed by atoms with Crippen LogP contribution in [0.1, 0.15) is 18.1 Å². The second-order valence-corrected chi connectivity index (χ2v) is 6.20. The predicted molar refractivity (Wildman–Crippen MR) is 83.0 cm³/mol. The molecule has 0 bridgehead atoms. The van der Waals surface area contributed by atoms with Gasteiger partial charge in [0, 0.05) is 4.47 Å². The summed E-state index contributed by atoms with van der Waals surface area (Å²) in [6.45, 7) is 1.74. The van der Waals surface area contributed by atoms with Crippen LogP contribution in [0.2, 0.25) is 0 Å². The van der Waals surface area contributed by atoms with Gasteiger partial charge in [-0.2, -0.15) is 0 Å². The van der Waals surface area contributed by atoms with Crippen LogP contribution in [0.15, 0.2) is 40.9 Å². The minimum absolute atomic E-state index is 0.0955. The normalized spacial score (nSPS) is 12.8. The van der Waals surface area contributed by atoms with Gasteiger partial charge in [-0.15, -0.1) is 11.6 Å². The standard InChI is InChI=1S/C15H10BrClF2N2/c1-8(17)15-20-11-6-5-9(16)7-13(11)21(15)12-4-2-3-10(18)14(12)19/h2-8H,1H3. The minimum atomic E-state index is -0.921. The third kappa shape index (κ3) is 2.45. The van der Waals surface area contributed by atoms with Gasteiger partial charge in [0.05, 0.1) is 22.1 Å². The topological polar surface area (TPSA) is 17.8 Å². The van der Waals surface area contributed by atoms with Crippen molar-refractivity contribution in [3.63, 3.8) is 0 Å². The Hall–Kier alpha value is -1.46. The lowest BCUT2D eigenvalue weighted by Gasteiger charge is -2.12. The molecule has 0 fully saturated rings. The number of fused-ring (bicyclic) bond motifs is 1. The zero-order valence-corrected chi connectivity index (χ0v) is 13.3. The first kappa shape index (κ1) is 14.5. The Balaban J connectivity index is 2.41. The van der Waals surface area contributed by atoms with E-state index in [1.807, 2.05) is 6.07 Å². The fourth-order valence-corrected chi connectivity index (χ4v) is 2.75. The fourth-order valence-electron chi connectivity index (χ4n) is 2.25. The first-order valence-electron chi connectivity index (χ1n) is 6.25. The molecule has 0 amide bonds. The van der Waals surface area contributed by atoms with Crippen LogP contribution in [-0.2, 0) is 0 Å². The first-order valence-corrected chi connectivity index (χ1v) is 7.48. The van der Waals surface area contributed by atoms with Crippen molar-refractivity contribution in [2.24, 2.45) is 0 Å². The van der Waals surface area contributed by atoms with E-state index in [4.69, 9.17) is 11.6 Å². The van der Waals surface area contributed by atoms with E-state index in [0.717, 1.165) is 10.5 Å². The average molecular weight is 372 g/mol. The van der Waals surface area contributed by atoms with Crippen molar-refractivity contribution in [3.8, 4) is 5.69 Å². The number of hydrogen-bond acceptors (Lipinski definition) is 1. The van der Waals surface area contributed by atoms with Crippen LogP contribution in [0.4, 0.5) is 8.78 Å². The molecular formula is C15H10BrClF2N2. The number of benzene rings is 2. The van der Waals surface area contributed by atoms with Crippen LogP contribution in [-0.4, -0.2) is 9.55 Å². The second-order valence-electron chi connectivity index (χ2n) is 4.63. The van der Waals surface area contributed by atoms with Gasteiger partial charge in [-0.1, -0.05) is 22.0 Å². The van der Waals surface area contributed by atoms with E-state index in [9.17, 15) is 8.78 Å². The van der Waals surface area contributed by atoms with Gasteiger partial charge in [-0.05, 0) is 37.3 Å². The summed E-state index contributed by atoms with van der Waals surface area (Å²) in [5, 5.41) is -0.446. The number of nitrogens with zero attached hydrogens (tertiary/aromatic N) is 2. The SMILES string of the molecule is CC(Cl)c1nc2ccc(Br)cc2n1-c1cccc(F)c1F. The molecule has 6 heteroatoms. The fraction of sp³-hybridized carbons (Fsp3) is 0.133. The van der Waals surface area contributed by atoms with E-state index >= 15 is 0 Å². The molecule has 0 saturated carbocycles. The summed E-state index contributed by atoms with van der Waals surface area (Å²) in [4.78, 5) is 4.42. The number of aromatic nitrogens is 2. The second kappa shape index (κ2) is 5.39. The smallest absolute Gasteiger partial charge is 0.182 e. The molecule has 1 unspecified atom stereocenters. The van der Waals surface area contributed by atoms with Gasteiger partial charge in [0.15, 0.2) is 11.6 Å². The Labute approximate surface area is 133 Å². The van der Waals surface area contributed by atoms with Crippen molar-refractivity contribution in [1.29, 1.82) is 0 Å². The van der Waals surface area contributed by atoms with Gasteiger partial charge in [-0.25, -0.2) is 13.8 Å². The Morgan fingerprint density at radius 2 is 2.00 bits per heavy atom. The molecule has 3 aromatic rings. The number of imidazole rings is 1. The monoisotopic (exact) mass is 370 g/mol. The quantitative estimate of drug-likeness (QED) is 0.554. The lowest BCUT2D eigenvalue weighted by Crippen LogP contribution is -2.05. The highest BCUT2D eigenvalue weighted by atomic mass is 79.9. The molecule has 1 aromatic heterocycles. The van der Waals surface area contributed by atoms with E-state index in [2.05, 4.69) is 20.9 Å². The summed E-state index contributed by atoms with van der Waals surface area (Å²) < 4.78 is 30.1. The highest BCUT2D eigenvalue weighted by Crippen LogP contribution is 2.31. The van der Waals surface area contributed by atoms with Crippen LogP contribution in [0.25, 0.3) is 16.7 Å². The predicted octanol–water partition coefficient (Wildman–Crippen LogP) is 5.37. The molecule has 0 aliphatic carbocycles. The van der Waals surface area contributed by atoms with Crippen LogP contribution >= 0.6 is 27.5 Å². The highest BCUT2D eigenvalue weighted by Gasteiger charge is 2.20. The van der Waals surface area contributed by atoms with Gasteiger partial charge in [-0.3, -0.25) is 4.57 Å². The molecule has 0 aliphatic rings. The van der Waals surface area contributed by atoms with Crippen molar-refractivity contribution >= 4 is 38.6 Å². The molecule has 1 heterocycles. The lowest BCUT2D eigenvalue weighted by atomic mass is 10.2. The highest BCUT2D eigenvalue weighted by molar-refractivity contribution is 9.10. The van der Waals surface area contributed by atoms with Gasteiger partial charge < -0.3 is 0 Å². The van der Waals surface area contributed by atoms with Crippen molar-refractivity contribution in [2.45, 2.75) is 12.3 Å². The van der Waals surface area contributed by atoms with Gasteiger partial charge in [0.2, 0.25) is 0 Å². The summed E-state index contributed by atoms with van der Waals surface area (Å²) in [5.41, 5.74) is 1.43. The Morgan fingerprint density at radius 3 is 2.71 bits per heavy atom. The molecule has 0 aliphatic heterocycles. The molecule has 3 rings (SSSR count). The molecule has 1 atom stereocenters. The molecule has 0 saturated heterocycles. The van der Waals surface area contributed by atoms with Crippen molar-refractivity contribution in [1.82, 2.24) is 9.55 Å². The first-order chi connectivity index (χ1) is 9.99. The van der Waals surface area contributed by atoms with Crippen LogP contribution in [0, 0.1) is 11.6 Å². The van der Waals surface area contributed by atoms with Gasteiger partial charge >= 0.3 is 0 Å². The summed E-state index contributed by atoms with van der Waals surface area (Å²) in [6.07, 6.45) is 0. The summed E-state index contributed by atoms with van der Waals surface area (Å²) >= 11 is 9.53. The van der Waals surface area contributed by atoms with E-state index in [1.165, 1.54) is 12.1 Å². The number of halogens is 4. The zero-order valence-electron chi connectivity index (χ0n) is 10.9. The summed E-state index contributed by atoms with van der Waals surface area (Å²) in [6, 6.07) is 9.48. The van der Waals surface area contributed by atoms with Crippen LogP contribution < -0.4 is 0 Å². The van der Waals surface area contributed by atoms with Crippen LogP contribution in [0.5, 0.6) is 0 Å². The minimum Gasteiger partial charge on any atom is -0.292 e. The Kier molecular flexibility index (Phi) is 3.71. The van der Waals surface area contributed by atoms with E-state index < -0.39 is 17.0 Å². The van der Waals surface area contributed by atoms with E-state index in [0.29, 0.717) is 16.9 Å². The molecule has 0 spiro atoms. The van der Waals surface area contributed by atoms with Crippen LogP contribution in [0.3, 0.4) is 0 Å². The average Bonchev–Trinajstić information content (AvgIpc) is 2.80. The maximum Gasteiger partial charge on any atom is 0.182 e. The molecular weight excluding hydrogens is 362 g/mol. The maximum absolute atomic E-state index is 14.2. The number of rotatable bonds is 2. The number of hydrogen-bond donors (Lipinski definition) is 0. The van der Waals surface area contributed by atoms with Gasteiger partial charge in [0.1, 0.15) is 5.82 Å². The summed E-state index contributed by atoms with van der Waals surface area (Å²) in [7, 11) is 0. The lowest BCUT2D eigenvalue weighted by molar-refractivity contribution is 0.504. The molecule has 0 N–H and O–H groups in total. The van der Waals surface area contributed by atoms with E-state index in [1.54, 1.807) is 23.6 Å². The number of alkyl halides is 1. The maximum atomic E-state index is 14.2. The van der Waals surface area contributed by atoms with Crippen molar-refractivity contribution in [3.05, 3.63) is 58.3 Å². The molecule has 2 aromatic carbocycles. The Morgan fingerprint density at radius 1 is 1.24 bits per heavy atom. The third-order valence-corrected chi connectivity index (χ3v) is 3.86. The van der Waals surface area contributed by atoms with Crippen molar-refractivity contribution in [2.75, 3.05) is 0 Å². The molecule has 108 valence electrons. The molecule has 21 heavy (non-hydrogen) atoms. The zero-order chi connectivity index (χ0) is 15.1. The van der Waals surface area contributed by atoms with Gasteiger partial charge in [0.25, 0.3) is 0 Å². The molecule has 2 nitrogen and oxygen atoms in total. The summed E-state index contributed by atoms with van der Waals surface area (Å²) in [5.74, 6) is -1.36. The van der Waals surface area contributed by atoms with Crippen molar-refractivity contribution < 1.29 is 8.78 Å².